The molecule has 1 heterocycles. The molecule has 0 aliphatic rings. The van der Waals surface area contributed by atoms with Crippen LogP contribution < -0.4 is 10.5 Å². The van der Waals surface area contributed by atoms with Crippen LogP contribution in [0.2, 0.25) is 5.02 Å². The minimum absolute atomic E-state index is 0.249. The number of hydrogen-bond acceptors (Lipinski definition) is 4. The van der Waals surface area contributed by atoms with Crippen molar-refractivity contribution in [2.24, 2.45) is 5.73 Å². The number of nitrogens with zero attached hydrogens (tertiary/aromatic N) is 2. The predicted molar refractivity (Wildman–Crippen MR) is 88.2 cm³/mol. The Labute approximate surface area is 134 Å². The molecule has 0 amide bonds. The number of para-hydroxylation sites is 1. The van der Waals surface area contributed by atoms with Crippen LogP contribution in [0.3, 0.4) is 0 Å². The molecule has 110 valence electrons. The first kappa shape index (κ1) is 15.7. The van der Waals surface area contributed by atoms with Crippen LogP contribution in [0.4, 0.5) is 0 Å². The predicted octanol–water partition coefficient (Wildman–Crippen LogP) is 3.68. The number of nitrogens with two attached hydrogens (primary N) is 1. The highest BCUT2D eigenvalue weighted by Crippen LogP contribution is 2.31. The molecule has 1 aromatic heterocycles. The van der Waals surface area contributed by atoms with Crippen LogP contribution in [0, 0.1) is 0 Å². The van der Waals surface area contributed by atoms with E-state index >= 15 is 0 Å². The van der Waals surface area contributed by atoms with Gasteiger partial charge in [-0.25, -0.2) is 0 Å². The molecule has 0 bridgehead atoms. The molecule has 0 radical (unpaired) electrons. The number of rotatable bonds is 5. The highest BCUT2D eigenvalue weighted by Gasteiger charge is 2.19. The van der Waals surface area contributed by atoms with Gasteiger partial charge in [0.15, 0.2) is 0 Å². The summed E-state index contributed by atoms with van der Waals surface area (Å²) in [4.78, 5) is 0.249. The van der Waals surface area contributed by atoms with Crippen LogP contribution in [-0.4, -0.2) is 15.2 Å². The number of aromatic nitrogens is 2. The summed E-state index contributed by atoms with van der Waals surface area (Å²) in [5.41, 5.74) is 8.35. The molecule has 0 spiro atoms. The van der Waals surface area contributed by atoms with Crippen molar-refractivity contribution in [3.8, 4) is 11.6 Å². The van der Waals surface area contributed by atoms with Gasteiger partial charge in [0.25, 0.3) is 0 Å². The first-order valence-corrected chi connectivity index (χ1v) is 7.47. The van der Waals surface area contributed by atoms with Gasteiger partial charge in [-0.1, -0.05) is 49.8 Å². The maximum Gasteiger partial charge on any atom is 0.249 e. The summed E-state index contributed by atoms with van der Waals surface area (Å²) in [6, 6.07) is 7.15. The quantitative estimate of drug-likeness (QED) is 0.851. The fourth-order valence-electron chi connectivity index (χ4n) is 2.11. The van der Waals surface area contributed by atoms with Crippen molar-refractivity contribution in [3.05, 3.63) is 46.1 Å². The van der Waals surface area contributed by atoms with Crippen molar-refractivity contribution in [2.45, 2.75) is 26.7 Å². The van der Waals surface area contributed by atoms with Gasteiger partial charge in [0.05, 0.1) is 16.3 Å². The monoisotopic (exact) mass is 321 g/mol. The number of halogens is 1. The maximum atomic E-state index is 6.10. The van der Waals surface area contributed by atoms with Crippen molar-refractivity contribution < 1.29 is 4.74 Å². The van der Waals surface area contributed by atoms with Crippen LogP contribution in [0.1, 0.15) is 30.7 Å². The van der Waals surface area contributed by atoms with Gasteiger partial charge in [-0.2, -0.15) is 5.10 Å². The zero-order chi connectivity index (χ0) is 15.4. The van der Waals surface area contributed by atoms with E-state index in [1.807, 2.05) is 26.0 Å². The van der Waals surface area contributed by atoms with Crippen molar-refractivity contribution >= 4 is 28.8 Å². The molecular weight excluding hydrogens is 306 g/mol. The standard InChI is InChI=1S/C15H16ClN3OS/c1-3-9-11(4-2)18-19-15(13(9)14(17)21)20-12-8-6-5-7-10(12)16/h5-8H,3-4H2,1-2H3,(H2,17,21). The molecule has 1 aromatic carbocycles. The van der Waals surface area contributed by atoms with Crippen molar-refractivity contribution in [1.29, 1.82) is 0 Å². The lowest BCUT2D eigenvalue weighted by Crippen LogP contribution is -2.17. The highest BCUT2D eigenvalue weighted by molar-refractivity contribution is 7.80. The lowest BCUT2D eigenvalue weighted by Gasteiger charge is -2.15. The van der Waals surface area contributed by atoms with E-state index in [4.69, 9.17) is 34.3 Å². The second-order valence-corrected chi connectivity index (χ2v) is 5.26. The third-order valence-electron chi connectivity index (χ3n) is 3.10. The Kier molecular flexibility index (Phi) is 5.09. The Hall–Kier alpha value is -1.72. The number of aryl methyl sites for hydroxylation is 1. The second kappa shape index (κ2) is 6.83. The van der Waals surface area contributed by atoms with E-state index in [1.54, 1.807) is 12.1 Å². The van der Waals surface area contributed by atoms with E-state index in [0.717, 1.165) is 24.1 Å². The lowest BCUT2D eigenvalue weighted by atomic mass is 10.0. The average molecular weight is 322 g/mol. The molecule has 0 unspecified atom stereocenters. The Morgan fingerprint density at radius 2 is 1.95 bits per heavy atom. The summed E-state index contributed by atoms with van der Waals surface area (Å²) >= 11 is 11.3. The van der Waals surface area contributed by atoms with Gasteiger partial charge in [-0.05, 0) is 30.5 Å². The minimum atomic E-state index is 0.249. The summed E-state index contributed by atoms with van der Waals surface area (Å²) < 4.78 is 5.77. The summed E-state index contributed by atoms with van der Waals surface area (Å²) in [5.74, 6) is 0.793. The van der Waals surface area contributed by atoms with Crippen LogP contribution in [0.15, 0.2) is 24.3 Å². The fraction of sp³-hybridized carbons (Fsp3) is 0.267. The molecule has 4 nitrogen and oxygen atoms in total. The third-order valence-corrected chi connectivity index (χ3v) is 3.62. The number of benzene rings is 1. The molecule has 0 saturated carbocycles. The zero-order valence-corrected chi connectivity index (χ0v) is 13.5. The fourth-order valence-corrected chi connectivity index (χ4v) is 2.50. The average Bonchev–Trinajstić information content (AvgIpc) is 2.48. The highest BCUT2D eigenvalue weighted by atomic mass is 35.5. The lowest BCUT2D eigenvalue weighted by molar-refractivity contribution is 0.452. The number of ether oxygens (including phenoxy) is 1. The molecule has 0 atom stereocenters. The summed E-state index contributed by atoms with van der Waals surface area (Å²) in [7, 11) is 0. The Bertz CT molecular complexity index is 676. The van der Waals surface area contributed by atoms with Gasteiger partial charge in [0.2, 0.25) is 5.88 Å². The van der Waals surface area contributed by atoms with Gasteiger partial charge in [0, 0.05) is 0 Å². The third kappa shape index (κ3) is 3.31. The van der Waals surface area contributed by atoms with E-state index in [0.29, 0.717) is 22.2 Å². The number of thiocarbonyl (C=S) groups is 1. The molecule has 0 aliphatic heterocycles. The molecule has 0 saturated heterocycles. The van der Waals surface area contributed by atoms with Crippen LogP contribution in [-0.2, 0) is 12.8 Å². The molecule has 0 fully saturated rings. The molecular formula is C15H16ClN3OS. The van der Waals surface area contributed by atoms with Crippen LogP contribution >= 0.6 is 23.8 Å². The summed E-state index contributed by atoms with van der Waals surface area (Å²) in [6.07, 6.45) is 1.52. The van der Waals surface area contributed by atoms with E-state index in [-0.39, 0.29) is 4.99 Å². The van der Waals surface area contributed by atoms with Gasteiger partial charge in [0.1, 0.15) is 10.7 Å². The van der Waals surface area contributed by atoms with Gasteiger partial charge < -0.3 is 10.5 Å². The molecule has 21 heavy (non-hydrogen) atoms. The Morgan fingerprint density at radius 1 is 1.24 bits per heavy atom. The molecule has 6 heteroatoms. The smallest absolute Gasteiger partial charge is 0.249 e. The van der Waals surface area contributed by atoms with E-state index in [9.17, 15) is 0 Å². The van der Waals surface area contributed by atoms with E-state index in [2.05, 4.69) is 10.2 Å². The molecule has 2 N–H and O–H groups in total. The van der Waals surface area contributed by atoms with E-state index < -0.39 is 0 Å². The first-order valence-electron chi connectivity index (χ1n) is 6.69. The molecule has 2 aromatic rings. The second-order valence-electron chi connectivity index (χ2n) is 4.41. The summed E-state index contributed by atoms with van der Waals surface area (Å²) in [5, 5.41) is 8.81. The van der Waals surface area contributed by atoms with Crippen LogP contribution in [0.25, 0.3) is 0 Å². The van der Waals surface area contributed by atoms with Gasteiger partial charge >= 0.3 is 0 Å². The Morgan fingerprint density at radius 3 is 2.52 bits per heavy atom. The molecule has 2 rings (SSSR count). The topological polar surface area (TPSA) is 61.0 Å². The van der Waals surface area contributed by atoms with Crippen molar-refractivity contribution in [1.82, 2.24) is 10.2 Å². The largest absolute Gasteiger partial charge is 0.435 e. The Balaban J connectivity index is 2.54. The van der Waals surface area contributed by atoms with Gasteiger partial charge in [-0.3, -0.25) is 0 Å². The van der Waals surface area contributed by atoms with Gasteiger partial charge in [-0.15, -0.1) is 5.10 Å². The molecule has 0 aliphatic carbocycles. The van der Waals surface area contributed by atoms with E-state index in [1.165, 1.54) is 0 Å². The minimum Gasteiger partial charge on any atom is -0.435 e. The van der Waals surface area contributed by atoms with Crippen molar-refractivity contribution in [3.63, 3.8) is 0 Å². The maximum absolute atomic E-state index is 6.10. The normalized spacial score (nSPS) is 10.4. The SMILES string of the molecule is CCc1nnc(Oc2ccccc2Cl)c(C(N)=S)c1CC. The van der Waals surface area contributed by atoms with Crippen LogP contribution in [0.5, 0.6) is 11.6 Å². The summed E-state index contributed by atoms with van der Waals surface area (Å²) in [6.45, 7) is 4.04. The first-order chi connectivity index (χ1) is 10.1. The number of hydrogen-bond donors (Lipinski definition) is 1. The zero-order valence-electron chi connectivity index (χ0n) is 11.9. The van der Waals surface area contributed by atoms with Crippen molar-refractivity contribution in [2.75, 3.05) is 0 Å².